The quantitative estimate of drug-likeness (QED) is 0.799. The molecule has 4 nitrogen and oxygen atoms in total. The van der Waals surface area contributed by atoms with Crippen LogP contribution in [0.2, 0.25) is 0 Å². The molecule has 1 N–H and O–H groups in total. The van der Waals surface area contributed by atoms with Crippen LogP contribution >= 0.6 is 15.9 Å². The first kappa shape index (κ1) is 16.4. The fourth-order valence-electron chi connectivity index (χ4n) is 1.80. The van der Waals surface area contributed by atoms with E-state index in [1.54, 1.807) is 6.07 Å². The van der Waals surface area contributed by atoms with Gasteiger partial charge in [-0.15, -0.1) is 0 Å². The number of ether oxygens (including phenoxy) is 2. The average molecular weight is 364 g/mol. The normalized spacial score (nSPS) is 10.1. The van der Waals surface area contributed by atoms with Crippen molar-refractivity contribution >= 4 is 27.5 Å². The van der Waals surface area contributed by atoms with Gasteiger partial charge >= 0.3 is 0 Å². The first-order valence-corrected chi connectivity index (χ1v) is 7.88. The van der Waals surface area contributed by atoms with Gasteiger partial charge in [0, 0.05) is 4.47 Å². The summed E-state index contributed by atoms with van der Waals surface area (Å²) in [4.78, 5) is 12.0. The zero-order valence-corrected chi connectivity index (χ0v) is 13.9. The molecular formula is C17H18BrNO3. The largest absolute Gasteiger partial charge is 0.491 e. The van der Waals surface area contributed by atoms with E-state index in [2.05, 4.69) is 21.2 Å². The summed E-state index contributed by atoms with van der Waals surface area (Å²) in [5.74, 6) is 1.08. The van der Waals surface area contributed by atoms with Crippen molar-refractivity contribution in [3.8, 4) is 11.5 Å². The highest BCUT2D eigenvalue weighted by Crippen LogP contribution is 2.24. The minimum atomic E-state index is -0.229. The van der Waals surface area contributed by atoms with E-state index in [0.717, 1.165) is 10.9 Å². The van der Waals surface area contributed by atoms with Crippen molar-refractivity contribution in [1.82, 2.24) is 0 Å². The monoisotopic (exact) mass is 363 g/mol. The van der Waals surface area contributed by atoms with Crippen LogP contribution in [-0.4, -0.2) is 19.1 Å². The molecule has 2 aromatic carbocycles. The number of benzene rings is 2. The smallest absolute Gasteiger partial charge is 0.262 e. The molecular weight excluding hydrogens is 346 g/mol. The molecule has 0 radical (unpaired) electrons. The third-order valence-corrected chi connectivity index (χ3v) is 3.28. The highest BCUT2D eigenvalue weighted by Gasteiger charge is 2.08. The molecule has 5 heteroatoms. The molecule has 0 spiro atoms. The molecule has 0 atom stereocenters. The zero-order chi connectivity index (χ0) is 15.8. The van der Waals surface area contributed by atoms with E-state index in [9.17, 15) is 4.79 Å². The molecule has 116 valence electrons. The number of rotatable bonds is 7. The Morgan fingerprint density at radius 3 is 2.73 bits per heavy atom. The first-order valence-electron chi connectivity index (χ1n) is 7.09. The number of nitrogens with one attached hydrogen (secondary N) is 1. The molecule has 0 aliphatic heterocycles. The Balaban J connectivity index is 1.92. The number of carbonyl (C=O) groups excluding carboxylic acids is 1. The molecule has 0 heterocycles. The Kier molecular flexibility index (Phi) is 6.27. The van der Waals surface area contributed by atoms with Crippen molar-refractivity contribution in [2.24, 2.45) is 0 Å². The second-order valence-electron chi connectivity index (χ2n) is 4.64. The van der Waals surface area contributed by atoms with Crippen LogP contribution in [0.1, 0.15) is 13.3 Å². The standard InChI is InChI=1S/C17H18BrNO3/c1-2-10-21-16-9-4-3-8-15(16)19-17(20)12-22-14-7-5-6-13(18)11-14/h3-9,11H,2,10,12H2,1H3,(H,19,20). The molecule has 0 unspecified atom stereocenters. The number of halogens is 1. The fourth-order valence-corrected chi connectivity index (χ4v) is 2.18. The molecule has 1 amide bonds. The number of carbonyl (C=O) groups is 1. The van der Waals surface area contributed by atoms with E-state index >= 15 is 0 Å². The van der Waals surface area contributed by atoms with Crippen LogP contribution in [0.25, 0.3) is 0 Å². The Labute approximate surface area is 138 Å². The minimum Gasteiger partial charge on any atom is -0.491 e. The molecule has 0 aliphatic carbocycles. The second kappa shape index (κ2) is 8.44. The highest BCUT2D eigenvalue weighted by molar-refractivity contribution is 9.10. The molecule has 0 saturated heterocycles. The second-order valence-corrected chi connectivity index (χ2v) is 5.55. The van der Waals surface area contributed by atoms with Crippen LogP contribution in [0.15, 0.2) is 53.0 Å². The van der Waals surface area contributed by atoms with E-state index in [-0.39, 0.29) is 12.5 Å². The van der Waals surface area contributed by atoms with Gasteiger partial charge in [0.05, 0.1) is 12.3 Å². The Morgan fingerprint density at radius 1 is 1.14 bits per heavy atom. The lowest BCUT2D eigenvalue weighted by Crippen LogP contribution is -2.20. The molecule has 0 aliphatic rings. The van der Waals surface area contributed by atoms with Gasteiger partial charge in [-0.25, -0.2) is 0 Å². The lowest BCUT2D eigenvalue weighted by atomic mass is 10.3. The zero-order valence-electron chi connectivity index (χ0n) is 12.3. The minimum absolute atomic E-state index is 0.0570. The summed E-state index contributed by atoms with van der Waals surface area (Å²) in [6.45, 7) is 2.59. The van der Waals surface area contributed by atoms with E-state index in [0.29, 0.717) is 23.8 Å². The highest BCUT2D eigenvalue weighted by atomic mass is 79.9. The topological polar surface area (TPSA) is 47.6 Å². The van der Waals surface area contributed by atoms with Crippen molar-refractivity contribution < 1.29 is 14.3 Å². The summed E-state index contributed by atoms with van der Waals surface area (Å²) in [5.41, 5.74) is 0.652. The third-order valence-electron chi connectivity index (χ3n) is 2.79. The fraction of sp³-hybridized carbons (Fsp3) is 0.235. The molecule has 2 rings (SSSR count). The lowest BCUT2D eigenvalue weighted by Gasteiger charge is -2.12. The van der Waals surface area contributed by atoms with Crippen molar-refractivity contribution in [2.75, 3.05) is 18.5 Å². The van der Waals surface area contributed by atoms with Crippen LogP contribution in [0.3, 0.4) is 0 Å². The molecule has 0 bridgehead atoms. The van der Waals surface area contributed by atoms with E-state index in [4.69, 9.17) is 9.47 Å². The lowest BCUT2D eigenvalue weighted by molar-refractivity contribution is -0.118. The van der Waals surface area contributed by atoms with E-state index in [1.807, 2.05) is 49.4 Å². The Hall–Kier alpha value is -2.01. The van der Waals surface area contributed by atoms with Gasteiger partial charge in [-0.3, -0.25) is 4.79 Å². The van der Waals surface area contributed by atoms with Crippen molar-refractivity contribution in [3.05, 3.63) is 53.0 Å². The maximum atomic E-state index is 12.0. The van der Waals surface area contributed by atoms with Gasteiger partial charge in [-0.1, -0.05) is 41.1 Å². The van der Waals surface area contributed by atoms with Gasteiger partial charge in [0.2, 0.25) is 0 Å². The Bertz CT molecular complexity index is 631. The number of anilines is 1. The summed E-state index contributed by atoms with van der Waals surface area (Å²) >= 11 is 3.36. The van der Waals surface area contributed by atoms with Crippen LogP contribution in [0.5, 0.6) is 11.5 Å². The van der Waals surface area contributed by atoms with Crippen molar-refractivity contribution in [3.63, 3.8) is 0 Å². The molecule has 0 aromatic heterocycles. The number of hydrogen-bond acceptors (Lipinski definition) is 3. The van der Waals surface area contributed by atoms with Gasteiger partial charge in [-0.05, 0) is 36.8 Å². The number of hydrogen-bond donors (Lipinski definition) is 1. The van der Waals surface area contributed by atoms with Crippen LogP contribution in [0.4, 0.5) is 5.69 Å². The summed E-state index contributed by atoms with van der Waals surface area (Å²) in [5, 5.41) is 2.80. The maximum absolute atomic E-state index is 12.0. The van der Waals surface area contributed by atoms with Crippen molar-refractivity contribution in [2.45, 2.75) is 13.3 Å². The molecule has 0 saturated carbocycles. The van der Waals surface area contributed by atoms with Gasteiger partial charge in [0.25, 0.3) is 5.91 Å². The van der Waals surface area contributed by atoms with Gasteiger partial charge in [0.15, 0.2) is 6.61 Å². The number of amides is 1. The number of para-hydroxylation sites is 2. The van der Waals surface area contributed by atoms with Gasteiger partial charge in [-0.2, -0.15) is 0 Å². The van der Waals surface area contributed by atoms with Crippen LogP contribution < -0.4 is 14.8 Å². The van der Waals surface area contributed by atoms with E-state index in [1.165, 1.54) is 0 Å². The first-order chi connectivity index (χ1) is 10.7. The van der Waals surface area contributed by atoms with Crippen LogP contribution in [0, 0.1) is 0 Å². The summed E-state index contributed by atoms with van der Waals surface area (Å²) in [6.07, 6.45) is 0.911. The summed E-state index contributed by atoms with van der Waals surface area (Å²) in [7, 11) is 0. The third kappa shape index (κ3) is 5.07. The SMILES string of the molecule is CCCOc1ccccc1NC(=O)COc1cccc(Br)c1. The Morgan fingerprint density at radius 2 is 1.95 bits per heavy atom. The van der Waals surface area contributed by atoms with E-state index < -0.39 is 0 Å². The average Bonchev–Trinajstić information content (AvgIpc) is 2.52. The molecule has 0 fully saturated rings. The van der Waals surface area contributed by atoms with Crippen LogP contribution in [-0.2, 0) is 4.79 Å². The molecule has 2 aromatic rings. The summed E-state index contributed by atoms with van der Waals surface area (Å²) < 4.78 is 12.0. The van der Waals surface area contributed by atoms with Gasteiger partial charge < -0.3 is 14.8 Å². The summed E-state index contributed by atoms with van der Waals surface area (Å²) in [6, 6.07) is 14.7. The predicted octanol–water partition coefficient (Wildman–Crippen LogP) is 4.26. The van der Waals surface area contributed by atoms with Crippen molar-refractivity contribution in [1.29, 1.82) is 0 Å². The molecule has 22 heavy (non-hydrogen) atoms. The van der Waals surface area contributed by atoms with Gasteiger partial charge in [0.1, 0.15) is 11.5 Å². The maximum Gasteiger partial charge on any atom is 0.262 e. The predicted molar refractivity (Wildman–Crippen MR) is 90.5 cm³/mol.